The van der Waals surface area contributed by atoms with Crippen LogP contribution in [0.2, 0.25) is 0 Å². The number of nitro groups is 1. The predicted molar refractivity (Wildman–Crippen MR) is 64.0 cm³/mol. The summed E-state index contributed by atoms with van der Waals surface area (Å²) in [5, 5.41) is 11.0. The van der Waals surface area contributed by atoms with Gasteiger partial charge in [0.25, 0.3) is 11.5 Å². The molecule has 1 aromatic carbocycles. The summed E-state index contributed by atoms with van der Waals surface area (Å²) in [6.07, 6.45) is 0. The van der Waals surface area contributed by atoms with E-state index in [-0.39, 0.29) is 11.3 Å². The van der Waals surface area contributed by atoms with Gasteiger partial charge in [-0.25, -0.2) is 0 Å². The molecule has 0 aliphatic rings. The molecule has 7 heteroatoms. The molecule has 0 aromatic heterocycles. The van der Waals surface area contributed by atoms with E-state index in [1.807, 2.05) is 0 Å². The number of nitrogens with zero attached hydrogens (tertiary/aromatic N) is 1. The number of hydrogen-bond acceptors (Lipinski definition) is 6. The van der Waals surface area contributed by atoms with Gasteiger partial charge in [-0.15, -0.1) is 0 Å². The van der Waals surface area contributed by atoms with E-state index in [2.05, 4.69) is 0 Å². The summed E-state index contributed by atoms with van der Waals surface area (Å²) < 4.78 is 9.88. The molecule has 0 bridgehead atoms. The van der Waals surface area contributed by atoms with E-state index in [0.29, 0.717) is 0 Å². The average Bonchev–Trinajstić information content (AvgIpc) is 2.26. The SMILES string of the molecule is CC(=O)OC(C)(OC(C)=O)c1ccccc1[N+](=O)[O-]. The molecule has 0 saturated carbocycles. The third kappa shape index (κ3) is 3.51. The summed E-state index contributed by atoms with van der Waals surface area (Å²) in [7, 11) is 0. The number of benzene rings is 1. The van der Waals surface area contributed by atoms with Crippen LogP contribution in [0, 0.1) is 10.1 Å². The first-order valence-corrected chi connectivity index (χ1v) is 5.39. The number of ether oxygens (including phenoxy) is 2. The van der Waals surface area contributed by atoms with E-state index in [1.165, 1.54) is 31.2 Å². The van der Waals surface area contributed by atoms with Gasteiger partial charge in [0.1, 0.15) is 5.56 Å². The zero-order valence-electron chi connectivity index (χ0n) is 10.7. The van der Waals surface area contributed by atoms with Gasteiger partial charge in [0.2, 0.25) is 0 Å². The Balaban J connectivity index is 3.36. The fraction of sp³-hybridized carbons (Fsp3) is 0.333. The number of nitro benzene ring substituents is 1. The molecule has 0 radical (unpaired) electrons. The van der Waals surface area contributed by atoms with Crippen LogP contribution in [0.1, 0.15) is 26.3 Å². The maximum atomic E-state index is 11.1. The van der Waals surface area contributed by atoms with Gasteiger partial charge >= 0.3 is 11.9 Å². The molecule has 7 nitrogen and oxygen atoms in total. The Hall–Kier alpha value is -2.44. The molecule has 1 rings (SSSR count). The van der Waals surface area contributed by atoms with Gasteiger partial charge in [-0.1, -0.05) is 12.1 Å². The zero-order chi connectivity index (χ0) is 14.6. The zero-order valence-corrected chi connectivity index (χ0v) is 10.7. The fourth-order valence-electron chi connectivity index (χ4n) is 1.70. The van der Waals surface area contributed by atoms with Crippen molar-refractivity contribution in [1.29, 1.82) is 0 Å². The molecule has 0 amide bonds. The predicted octanol–water partition coefficient (Wildman–Crippen LogP) is 1.89. The lowest BCUT2D eigenvalue weighted by Gasteiger charge is -2.28. The molecule has 19 heavy (non-hydrogen) atoms. The molecular formula is C12H13NO6. The van der Waals surface area contributed by atoms with E-state index < -0.39 is 22.6 Å². The second-order valence-electron chi connectivity index (χ2n) is 3.91. The first-order valence-electron chi connectivity index (χ1n) is 5.39. The van der Waals surface area contributed by atoms with Gasteiger partial charge in [-0.05, 0) is 6.07 Å². The van der Waals surface area contributed by atoms with Gasteiger partial charge in [0, 0.05) is 26.8 Å². The van der Waals surface area contributed by atoms with Gasteiger partial charge in [-0.2, -0.15) is 0 Å². The minimum Gasteiger partial charge on any atom is -0.418 e. The van der Waals surface area contributed by atoms with Gasteiger partial charge < -0.3 is 9.47 Å². The largest absolute Gasteiger partial charge is 0.418 e. The quantitative estimate of drug-likeness (QED) is 0.358. The molecule has 0 aliphatic carbocycles. The lowest BCUT2D eigenvalue weighted by atomic mass is 10.0. The summed E-state index contributed by atoms with van der Waals surface area (Å²) in [6.45, 7) is 3.52. The number of carbonyl (C=O) groups is 2. The van der Waals surface area contributed by atoms with E-state index >= 15 is 0 Å². The van der Waals surface area contributed by atoms with Gasteiger partial charge in [0.05, 0.1) is 4.92 Å². The van der Waals surface area contributed by atoms with E-state index in [1.54, 1.807) is 0 Å². The highest BCUT2D eigenvalue weighted by Gasteiger charge is 2.39. The third-order valence-corrected chi connectivity index (χ3v) is 2.27. The minimum atomic E-state index is -1.83. The summed E-state index contributed by atoms with van der Waals surface area (Å²) in [5.41, 5.74) is -0.307. The van der Waals surface area contributed by atoms with Crippen molar-refractivity contribution < 1.29 is 24.0 Å². The summed E-state index contributed by atoms with van der Waals surface area (Å²) in [5.74, 6) is -3.27. The maximum absolute atomic E-state index is 11.1. The first-order chi connectivity index (χ1) is 8.76. The Bertz CT molecular complexity index is 509. The Labute approximate surface area is 109 Å². The van der Waals surface area contributed by atoms with Crippen LogP contribution in [-0.4, -0.2) is 16.9 Å². The first kappa shape index (κ1) is 14.6. The van der Waals surface area contributed by atoms with Crippen molar-refractivity contribution in [2.75, 3.05) is 0 Å². The molecule has 102 valence electrons. The van der Waals surface area contributed by atoms with Crippen LogP contribution in [0.25, 0.3) is 0 Å². The van der Waals surface area contributed by atoms with Crippen molar-refractivity contribution in [3.05, 3.63) is 39.9 Å². The number of esters is 2. The average molecular weight is 267 g/mol. The Kier molecular flexibility index (Phi) is 4.21. The molecule has 0 fully saturated rings. The van der Waals surface area contributed by atoms with Crippen molar-refractivity contribution in [2.24, 2.45) is 0 Å². The smallest absolute Gasteiger partial charge is 0.306 e. The van der Waals surface area contributed by atoms with Crippen molar-refractivity contribution in [3.8, 4) is 0 Å². The van der Waals surface area contributed by atoms with Crippen molar-refractivity contribution in [1.82, 2.24) is 0 Å². The van der Waals surface area contributed by atoms with E-state index in [0.717, 1.165) is 13.8 Å². The summed E-state index contributed by atoms with van der Waals surface area (Å²) in [6, 6.07) is 5.59. The maximum Gasteiger partial charge on any atom is 0.306 e. The van der Waals surface area contributed by atoms with Crippen LogP contribution < -0.4 is 0 Å². The molecule has 0 saturated heterocycles. The second kappa shape index (κ2) is 5.47. The number of rotatable bonds is 4. The normalized spacial score (nSPS) is 10.7. The molecule has 1 aromatic rings. The molecule has 0 atom stereocenters. The Morgan fingerprint density at radius 2 is 1.63 bits per heavy atom. The highest BCUT2D eigenvalue weighted by molar-refractivity contribution is 5.69. The van der Waals surface area contributed by atoms with Crippen LogP contribution >= 0.6 is 0 Å². The Morgan fingerprint density at radius 1 is 1.16 bits per heavy atom. The van der Waals surface area contributed by atoms with E-state index in [4.69, 9.17) is 9.47 Å². The third-order valence-electron chi connectivity index (χ3n) is 2.27. The van der Waals surface area contributed by atoms with Gasteiger partial charge in [0.15, 0.2) is 0 Å². The molecular weight excluding hydrogens is 254 g/mol. The van der Waals surface area contributed by atoms with E-state index in [9.17, 15) is 19.7 Å². The highest BCUT2D eigenvalue weighted by atomic mass is 16.7. The molecule has 0 aliphatic heterocycles. The Morgan fingerprint density at radius 3 is 2.05 bits per heavy atom. The van der Waals surface area contributed by atoms with Crippen molar-refractivity contribution in [3.63, 3.8) is 0 Å². The minimum absolute atomic E-state index is 0.00889. The number of carbonyl (C=O) groups excluding carboxylic acids is 2. The molecule has 0 unspecified atom stereocenters. The van der Waals surface area contributed by atoms with Crippen LogP contribution in [0.3, 0.4) is 0 Å². The van der Waals surface area contributed by atoms with Gasteiger partial charge in [-0.3, -0.25) is 19.7 Å². The molecule has 0 spiro atoms. The molecule has 0 heterocycles. The van der Waals surface area contributed by atoms with Crippen LogP contribution in [0.4, 0.5) is 5.69 Å². The van der Waals surface area contributed by atoms with Crippen LogP contribution in [0.15, 0.2) is 24.3 Å². The fourth-order valence-corrected chi connectivity index (χ4v) is 1.70. The summed E-state index contributed by atoms with van der Waals surface area (Å²) in [4.78, 5) is 32.6. The van der Waals surface area contributed by atoms with Crippen LogP contribution in [-0.2, 0) is 24.8 Å². The topological polar surface area (TPSA) is 95.7 Å². The number of hydrogen-bond donors (Lipinski definition) is 0. The van der Waals surface area contributed by atoms with Crippen molar-refractivity contribution in [2.45, 2.75) is 26.6 Å². The lowest BCUT2D eigenvalue weighted by molar-refractivity contribution is -0.388. The van der Waals surface area contributed by atoms with Crippen LogP contribution in [0.5, 0.6) is 0 Å². The number of para-hydroxylation sites is 1. The lowest BCUT2D eigenvalue weighted by Crippen LogP contribution is -2.34. The van der Waals surface area contributed by atoms with Crippen molar-refractivity contribution >= 4 is 17.6 Å². The standard InChI is InChI=1S/C12H13NO6/c1-8(14)18-12(3,19-9(2)15)10-6-4-5-7-11(10)13(16)17/h4-7H,1-3H3. The second-order valence-corrected chi connectivity index (χ2v) is 3.91. The molecule has 0 N–H and O–H groups in total. The highest BCUT2D eigenvalue weighted by Crippen LogP contribution is 2.34. The summed E-state index contributed by atoms with van der Waals surface area (Å²) >= 11 is 0. The monoisotopic (exact) mass is 267 g/mol.